The molecule has 4 rings (SSSR count). The van der Waals surface area contributed by atoms with Gasteiger partial charge in [0.05, 0.1) is 6.61 Å². The van der Waals surface area contributed by atoms with Gasteiger partial charge < -0.3 is 9.47 Å². The lowest BCUT2D eigenvalue weighted by molar-refractivity contribution is 0.306. The highest BCUT2D eigenvalue weighted by Crippen LogP contribution is 2.44. The topological polar surface area (TPSA) is 18.5 Å². The largest absolute Gasteiger partial charge is 0.491 e. The summed E-state index contributed by atoms with van der Waals surface area (Å²) in [5, 5.41) is 0. The van der Waals surface area contributed by atoms with Gasteiger partial charge in [0.1, 0.15) is 0 Å². The van der Waals surface area contributed by atoms with Crippen molar-refractivity contribution in [2.75, 3.05) is 6.61 Å². The van der Waals surface area contributed by atoms with Gasteiger partial charge in [-0.1, -0.05) is 49.7 Å². The zero-order valence-electron chi connectivity index (χ0n) is 16.3. The second-order valence-electron chi connectivity index (χ2n) is 7.07. The van der Waals surface area contributed by atoms with Crippen molar-refractivity contribution in [3.8, 4) is 28.4 Å². The Balaban J connectivity index is 1.73. The summed E-state index contributed by atoms with van der Waals surface area (Å²) < 4.78 is 54.7. The fraction of sp³-hybridized carbons (Fsp3) is 0.250. The zero-order chi connectivity index (χ0) is 20.5. The summed E-state index contributed by atoms with van der Waals surface area (Å²) in [6.07, 6.45) is 2.23. The van der Waals surface area contributed by atoms with Crippen molar-refractivity contribution < 1.29 is 22.6 Å². The normalized spacial score (nSPS) is 12.2. The van der Waals surface area contributed by atoms with E-state index in [2.05, 4.69) is 6.92 Å². The van der Waals surface area contributed by atoms with E-state index in [-0.39, 0.29) is 30.3 Å². The smallest absolute Gasteiger partial charge is 0.205 e. The Hall–Kier alpha value is -2.95. The molecule has 3 aromatic rings. The van der Waals surface area contributed by atoms with Crippen molar-refractivity contribution >= 4 is 0 Å². The lowest BCUT2D eigenvalue weighted by Crippen LogP contribution is -2.10. The van der Waals surface area contributed by atoms with Crippen LogP contribution in [-0.2, 0) is 12.8 Å². The Morgan fingerprint density at radius 2 is 1.59 bits per heavy atom. The predicted molar refractivity (Wildman–Crippen MR) is 106 cm³/mol. The Kier molecular flexibility index (Phi) is 5.22. The van der Waals surface area contributed by atoms with Crippen molar-refractivity contribution in [3.63, 3.8) is 0 Å². The van der Waals surface area contributed by atoms with Gasteiger partial charge in [-0.2, -0.15) is 8.78 Å². The van der Waals surface area contributed by atoms with Crippen LogP contribution in [0.3, 0.4) is 0 Å². The summed E-state index contributed by atoms with van der Waals surface area (Å²) >= 11 is 0. The second kappa shape index (κ2) is 7.82. The molecule has 1 aliphatic heterocycles. The van der Waals surface area contributed by atoms with E-state index in [9.17, 15) is 8.78 Å². The average molecular weight is 398 g/mol. The van der Waals surface area contributed by atoms with Crippen molar-refractivity contribution in [2.45, 2.75) is 33.1 Å². The first-order chi connectivity index (χ1) is 14.0. The molecular formula is C24H21F3O2. The van der Waals surface area contributed by atoms with Gasteiger partial charge in [-0.25, -0.2) is 4.39 Å². The van der Waals surface area contributed by atoms with Gasteiger partial charge in [0, 0.05) is 23.1 Å². The minimum atomic E-state index is -1.16. The summed E-state index contributed by atoms with van der Waals surface area (Å²) in [4.78, 5) is 0. The van der Waals surface area contributed by atoms with E-state index in [1.807, 2.05) is 24.3 Å². The number of aryl methyl sites for hydroxylation is 1. The van der Waals surface area contributed by atoms with Crippen molar-refractivity contribution in [3.05, 3.63) is 76.6 Å². The summed E-state index contributed by atoms with van der Waals surface area (Å²) in [5.74, 6) is -3.38. The minimum absolute atomic E-state index is 0.0601. The van der Waals surface area contributed by atoms with Crippen LogP contribution in [0.15, 0.2) is 42.5 Å². The summed E-state index contributed by atoms with van der Waals surface area (Å²) in [6, 6.07) is 12.5. The molecule has 0 N–H and O–H groups in total. The van der Waals surface area contributed by atoms with Crippen LogP contribution in [0.5, 0.6) is 17.2 Å². The van der Waals surface area contributed by atoms with Crippen LogP contribution in [0.1, 0.15) is 37.0 Å². The van der Waals surface area contributed by atoms with E-state index >= 15 is 4.39 Å². The van der Waals surface area contributed by atoms with Gasteiger partial charge in [0.25, 0.3) is 0 Å². The average Bonchev–Trinajstić information content (AvgIpc) is 2.72. The highest BCUT2D eigenvalue weighted by molar-refractivity contribution is 5.69. The van der Waals surface area contributed by atoms with Crippen LogP contribution >= 0.6 is 0 Å². The quantitative estimate of drug-likeness (QED) is 0.367. The monoisotopic (exact) mass is 398 g/mol. The number of ether oxygens (including phenoxy) is 2. The number of hydrogen-bond donors (Lipinski definition) is 0. The summed E-state index contributed by atoms with van der Waals surface area (Å²) in [6.45, 7) is 4.00. The number of halogens is 3. The molecule has 29 heavy (non-hydrogen) atoms. The highest BCUT2D eigenvalue weighted by Gasteiger charge is 2.29. The van der Waals surface area contributed by atoms with Crippen LogP contribution in [0.2, 0.25) is 0 Å². The minimum Gasteiger partial charge on any atom is -0.491 e. The molecule has 3 aromatic carbocycles. The van der Waals surface area contributed by atoms with Gasteiger partial charge in [-0.15, -0.1) is 0 Å². The zero-order valence-corrected chi connectivity index (χ0v) is 16.3. The first kappa shape index (κ1) is 19.4. The molecule has 1 heterocycles. The molecule has 0 atom stereocenters. The van der Waals surface area contributed by atoms with E-state index in [1.54, 1.807) is 19.1 Å². The Labute approximate surface area is 167 Å². The third kappa shape index (κ3) is 3.46. The number of rotatable bonds is 5. The fourth-order valence-electron chi connectivity index (χ4n) is 3.65. The molecule has 2 nitrogen and oxygen atoms in total. The lowest BCUT2D eigenvalue weighted by Gasteiger charge is -2.23. The standard InChI is InChI=1S/C24H21F3O2/c1-3-5-14-6-8-15(9-7-14)18-11-10-16-12-17-13-19(28-4-2)21(26)22(27)24(17)29-23(16)20(18)25/h6-11,13H,3-5,12H2,1-2H3. The second-order valence-corrected chi connectivity index (χ2v) is 7.07. The molecule has 1 aliphatic rings. The van der Waals surface area contributed by atoms with E-state index < -0.39 is 17.5 Å². The Morgan fingerprint density at radius 1 is 0.862 bits per heavy atom. The van der Waals surface area contributed by atoms with Crippen LogP contribution < -0.4 is 9.47 Å². The first-order valence-corrected chi connectivity index (χ1v) is 9.75. The molecule has 0 amide bonds. The molecule has 0 radical (unpaired) electrons. The van der Waals surface area contributed by atoms with Crippen molar-refractivity contribution in [2.24, 2.45) is 0 Å². The van der Waals surface area contributed by atoms with Crippen LogP contribution in [0.4, 0.5) is 13.2 Å². The van der Waals surface area contributed by atoms with Gasteiger partial charge in [-0.3, -0.25) is 0 Å². The molecule has 0 spiro atoms. The van der Waals surface area contributed by atoms with E-state index in [4.69, 9.17) is 9.47 Å². The maximum Gasteiger partial charge on any atom is 0.205 e. The summed E-state index contributed by atoms with van der Waals surface area (Å²) in [7, 11) is 0. The van der Waals surface area contributed by atoms with Gasteiger partial charge >= 0.3 is 0 Å². The molecule has 0 bridgehead atoms. The highest BCUT2D eigenvalue weighted by atomic mass is 19.2. The lowest BCUT2D eigenvalue weighted by atomic mass is 9.95. The Bertz CT molecular complexity index is 1060. The van der Waals surface area contributed by atoms with Gasteiger partial charge in [0.2, 0.25) is 11.6 Å². The molecule has 5 heteroatoms. The molecule has 0 unspecified atom stereocenters. The third-order valence-electron chi connectivity index (χ3n) is 5.07. The summed E-state index contributed by atoms with van der Waals surface area (Å²) in [5.41, 5.74) is 3.26. The molecule has 0 saturated heterocycles. The molecular weight excluding hydrogens is 377 g/mol. The maximum atomic E-state index is 15.2. The maximum absolute atomic E-state index is 15.2. The SMILES string of the molecule is CCCc1ccc(-c2ccc3c(c2F)Oc2c(cc(OCC)c(F)c2F)C3)cc1. The molecule has 0 aliphatic carbocycles. The Morgan fingerprint density at radius 3 is 2.28 bits per heavy atom. The first-order valence-electron chi connectivity index (χ1n) is 9.75. The van der Waals surface area contributed by atoms with Gasteiger partial charge in [0.15, 0.2) is 23.1 Å². The fourth-order valence-corrected chi connectivity index (χ4v) is 3.65. The predicted octanol–water partition coefficient (Wildman–Crippen LogP) is 6.82. The van der Waals surface area contributed by atoms with E-state index in [1.165, 1.54) is 11.6 Å². The van der Waals surface area contributed by atoms with Crippen LogP contribution in [0.25, 0.3) is 11.1 Å². The number of benzene rings is 3. The molecule has 0 aromatic heterocycles. The number of hydrogen-bond acceptors (Lipinski definition) is 2. The van der Waals surface area contributed by atoms with E-state index in [0.29, 0.717) is 22.3 Å². The van der Waals surface area contributed by atoms with Crippen LogP contribution in [0, 0.1) is 17.5 Å². The van der Waals surface area contributed by atoms with Crippen molar-refractivity contribution in [1.29, 1.82) is 0 Å². The third-order valence-corrected chi connectivity index (χ3v) is 5.07. The molecule has 0 saturated carbocycles. The van der Waals surface area contributed by atoms with Crippen LogP contribution in [-0.4, -0.2) is 6.61 Å². The van der Waals surface area contributed by atoms with Crippen molar-refractivity contribution in [1.82, 2.24) is 0 Å². The van der Waals surface area contributed by atoms with E-state index in [0.717, 1.165) is 12.8 Å². The van der Waals surface area contributed by atoms with Gasteiger partial charge in [-0.05, 0) is 30.5 Å². The number of fused-ring (bicyclic) bond motifs is 2. The molecule has 150 valence electrons. The molecule has 0 fully saturated rings.